The van der Waals surface area contributed by atoms with Crippen LogP contribution < -0.4 is 9.47 Å². The lowest BCUT2D eigenvalue weighted by Gasteiger charge is -2.43. The Morgan fingerprint density at radius 3 is 2.60 bits per heavy atom. The van der Waals surface area contributed by atoms with Gasteiger partial charge in [0.25, 0.3) is 0 Å². The minimum atomic E-state index is -0.383. The third kappa shape index (κ3) is 3.74. The van der Waals surface area contributed by atoms with Gasteiger partial charge in [-0.05, 0) is 31.2 Å². The molecule has 0 radical (unpaired) electrons. The molecule has 6 heteroatoms. The number of ether oxygens (including phenoxy) is 2. The zero-order valence-corrected chi connectivity index (χ0v) is 18.3. The first-order chi connectivity index (χ1) is 14.3. The number of aliphatic imine (C=N–C) groups is 1. The van der Waals surface area contributed by atoms with E-state index in [1.807, 2.05) is 68.1 Å². The van der Waals surface area contributed by atoms with Crippen molar-refractivity contribution in [2.24, 2.45) is 10.4 Å². The average molecular weight is 408 g/mol. The molecule has 2 aliphatic heterocycles. The van der Waals surface area contributed by atoms with Crippen LogP contribution in [-0.4, -0.2) is 54.3 Å². The molecule has 2 aromatic rings. The highest BCUT2D eigenvalue weighted by Crippen LogP contribution is 2.39. The summed E-state index contributed by atoms with van der Waals surface area (Å²) in [6.07, 6.45) is 0. The lowest BCUT2D eigenvalue weighted by atomic mass is 9.93. The predicted molar refractivity (Wildman–Crippen MR) is 118 cm³/mol. The summed E-state index contributed by atoms with van der Waals surface area (Å²) < 4.78 is 11.6. The Kier molecular flexibility index (Phi) is 5.18. The molecule has 6 nitrogen and oxygen atoms in total. The van der Waals surface area contributed by atoms with Crippen molar-refractivity contribution in [2.75, 3.05) is 26.7 Å². The molecule has 1 saturated heterocycles. The quantitative estimate of drug-likeness (QED) is 0.700. The number of amides is 1. The van der Waals surface area contributed by atoms with Crippen LogP contribution in [0.4, 0.5) is 5.69 Å². The topological polar surface area (TPSA) is 54.4 Å². The van der Waals surface area contributed by atoms with Gasteiger partial charge in [0.15, 0.2) is 5.75 Å². The van der Waals surface area contributed by atoms with Crippen LogP contribution in [0.3, 0.4) is 0 Å². The molecule has 1 fully saturated rings. The van der Waals surface area contributed by atoms with E-state index in [0.717, 1.165) is 40.9 Å². The molecule has 0 aromatic heterocycles. The van der Waals surface area contributed by atoms with Crippen molar-refractivity contribution in [2.45, 2.75) is 33.7 Å². The van der Waals surface area contributed by atoms with Crippen molar-refractivity contribution in [3.63, 3.8) is 0 Å². The van der Waals surface area contributed by atoms with E-state index in [1.54, 1.807) is 7.11 Å². The highest BCUT2D eigenvalue weighted by atomic mass is 16.5. The molecule has 1 atom stereocenters. The third-order valence-electron chi connectivity index (χ3n) is 5.57. The molecule has 2 heterocycles. The van der Waals surface area contributed by atoms with Crippen LogP contribution in [0.25, 0.3) is 0 Å². The molecular weight excluding hydrogens is 378 g/mol. The number of nitrogens with zero attached hydrogens (tertiary/aromatic N) is 3. The normalized spacial score (nSPS) is 18.6. The molecule has 2 aliphatic rings. The Bertz CT molecular complexity index is 993. The van der Waals surface area contributed by atoms with Crippen LogP contribution in [0.5, 0.6) is 17.2 Å². The third-order valence-corrected chi connectivity index (χ3v) is 5.57. The van der Waals surface area contributed by atoms with Gasteiger partial charge in [-0.15, -0.1) is 0 Å². The van der Waals surface area contributed by atoms with Gasteiger partial charge in [-0.2, -0.15) is 0 Å². The van der Waals surface area contributed by atoms with Crippen LogP contribution in [0.1, 0.15) is 33.3 Å². The minimum Gasteiger partial charge on any atom is -0.497 e. The van der Waals surface area contributed by atoms with Crippen LogP contribution in [0.15, 0.2) is 47.5 Å². The Hall–Kier alpha value is -3.02. The summed E-state index contributed by atoms with van der Waals surface area (Å²) in [5.41, 5.74) is 1.34. The summed E-state index contributed by atoms with van der Waals surface area (Å²) in [6.45, 7) is 10.1. The number of rotatable bonds is 1. The van der Waals surface area contributed by atoms with E-state index >= 15 is 0 Å². The van der Waals surface area contributed by atoms with Gasteiger partial charge in [0, 0.05) is 37.2 Å². The first kappa shape index (κ1) is 20.3. The Morgan fingerprint density at radius 2 is 1.90 bits per heavy atom. The Balaban J connectivity index is 1.70. The number of amidine groups is 1. The summed E-state index contributed by atoms with van der Waals surface area (Å²) in [4.78, 5) is 22.1. The Labute approximate surface area is 178 Å². The van der Waals surface area contributed by atoms with Crippen LogP contribution >= 0.6 is 0 Å². The lowest BCUT2D eigenvalue weighted by Crippen LogP contribution is -2.57. The fourth-order valence-electron chi connectivity index (χ4n) is 3.95. The molecule has 0 N–H and O–H groups in total. The van der Waals surface area contributed by atoms with Crippen molar-refractivity contribution in [1.82, 2.24) is 9.80 Å². The number of piperazine rings is 1. The predicted octanol–water partition coefficient (Wildman–Crippen LogP) is 4.46. The van der Waals surface area contributed by atoms with Gasteiger partial charge >= 0.3 is 0 Å². The van der Waals surface area contributed by atoms with Gasteiger partial charge in [0.05, 0.1) is 12.7 Å². The van der Waals surface area contributed by atoms with E-state index in [4.69, 9.17) is 14.5 Å². The molecule has 1 unspecified atom stereocenters. The molecular formula is C24H29N3O3. The zero-order chi connectivity index (χ0) is 21.5. The maximum absolute atomic E-state index is 12.8. The second kappa shape index (κ2) is 7.67. The standard InChI is InChI=1S/C24H29N3O3/c1-16-15-26(12-13-27(16)23(28)24(2,3)4)22-18-11-10-17(29-5)14-21(18)30-20-9-7-6-8-19(20)25-22/h6-11,14,16H,12-13,15H2,1-5H3. The second-order valence-corrected chi connectivity index (χ2v) is 8.91. The maximum Gasteiger partial charge on any atom is 0.228 e. The summed E-state index contributed by atoms with van der Waals surface area (Å²) in [5.74, 6) is 3.24. The zero-order valence-electron chi connectivity index (χ0n) is 18.3. The van der Waals surface area contributed by atoms with Gasteiger partial charge in [-0.25, -0.2) is 4.99 Å². The fourth-order valence-corrected chi connectivity index (χ4v) is 3.95. The van der Waals surface area contributed by atoms with Gasteiger partial charge in [-0.3, -0.25) is 4.79 Å². The first-order valence-electron chi connectivity index (χ1n) is 10.4. The molecule has 0 saturated carbocycles. The van der Waals surface area contributed by atoms with Gasteiger partial charge < -0.3 is 19.3 Å². The smallest absolute Gasteiger partial charge is 0.228 e. The van der Waals surface area contributed by atoms with Gasteiger partial charge in [-0.1, -0.05) is 32.9 Å². The molecule has 0 bridgehead atoms. The highest BCUT2D eigenvalue weighted by molar-refractivity contribution is 6.04. The SMILES string of the molecule is COc1ccc2c(c1)Oc1ccccc1N=C2N1CCN(C(=O)C(C)(C)C)C(C)C1. The number of hydrogen-bond acceptors (Lipinski definition) is 5. The number of hydrogen-bond donors (Lipinski definition) is 0. The summed E-state index contributed by atoms with van der Waals surface area (Å²) in [6, 6.07) is 13.7. The molecule has 4 rings (SSSR count). The molecule has 0 aliphatic carbocycles. The van der Waals surface area contributed by atoms with Crippen LogP contribution in [0.2, 0.25) is 0 Å². The molecule has 2 aromatic carbocycles. The number of para-hydroxylation sites is 2. The average Bonchev–Trinajstić information content (AvgIpc) is 2.88. The molecule has 0 spiro atoms. The highest BCUT2D eigenvalue weighted by Gasteiger charge is 2.35. The molecule has 158 valence electrons. The number of carbonyl (C=O) groups excluding carboxylic acids is 1. The summed E-state index contributed by atoms with van der Waals surface area (Å²) in [5, 5.41) is 0. The van der Waals surface area contributed by atoms with Crippen molar-refractivity contribution < 1.29 is 14.3 Å². The summed E-state index contributed by atoms with van der Waals surface area (Å²) in [7, 11) is 1.65. The van der Waals surface area contributed by atoms with Gasteiger partial charge in [0.2, 0.25) is 5.91 Å². The number of fused-ring (bicyclic) bond motifs is 2. The fraction of sp³-hybridized carbons (Fsp3) is 0.417. The number of carbonyl (C=O) groups is 1. The van der Waals surface area contributed by atoms with E-state index in [0.29, 0.717) is 13.1 Å². The lowest BCUT2D eigenvalue weighted by molar-refractivity contribution is -0.143. The number of methoxy groups -OCH3 is 1. The second-order valence-electron chi connectivity index (χ2n) is 8.91. The summed E-state index contributed by atoms with van der Waals surface area (Å²) >= 11 is 0. The van der Waals surface area contributed by atoms with E-state index in [9.17, 15) is 4.79 Å². The first-order valence-corrected chi connectivity index (χ1v) is 10.4. The van der Waals surface area contributed by atoms with E-state index in [-0.39, 0.29) is 17.4 Å². The van der Waals surface area contributed by atoms with Crippen LogP contribution in [-0.2, 0) is 4.79 Å². The number of benzene rings is 2. The van der Waals surface area contributed by atoms with E-state index < -0.39 is 0 Å². The van der Waals surface area contributed by atoms with Crippen molar-refractivity contribution >= 4 is 17.4 Å². The van der Waals surface area contributed by atoms with Crippen molar-refractivity contribution in [3.05, 3.63) is 48.0 Å². The molecule has 1 amide bonds. The van der Waals surface area contributed by atoms with E-state index in [2.05, 4.69) is 11.8 Å². The van der Waals surface area contributed by atoms with Gasteiger partial charge in [0.1, 0.15) is 23.0 Å². The Morgan fingerprint density at radius 1 is 1.13 bits per heavy atom. The monoisotopic (exact) mass is 407 g/mol. The van der Waals surface area contributed by atoms with Crippen molar-refractivity contribution in [3.8, 4) is 17.2 Å². The molecule has 30 heavy (non-hydrogen) atoms. The maximum atomic E-state index is 12.8. The minimum absolute atomic E-state index is 0.0919. The van der Waals surface area contributed by atoms with Crippen molar-refractivity contribution in [1.29, 1.82) is 0 Å². The van der Waals surface area contributed by atoms with Crippen LogP contribution in [0, 0.1) is 5.41 Å². The van der Waals surface area contributed by atoms with E-state index in [1.165, 1.54) is 0 Å². The largest absolute Gasteiger partial charge is 0.497 e.